The van der Waals surface area contributed by atoms with Gasteiger partial charge in [-0.1, -0.05) is 0 Å². The van der Waals surface area contributed by atoms with Crippen molar-refractivity contribution in [3.63, 3.8) is 0 Å². The fraction of sp³-hybridized carbons (Fsp3) is 0.125. The Labute approximate surface area is 93.9 Å². The first kappa shape index (κ1) is 9.66. The van der Waals surface area contributed by atoms with Gasteiger partial charge in [0.15, 0.2) is 17.3 Å². The molecule has 0 bridgehead atoms. The van der Waals surface area contributed by atoms with Crippen molar-refractivity contribution in [3.8, 4) is 5.82 Å². The Morgan fingerprint density at radius 3 is 3.00 bits per heavy atom. The average Bonchev–Trinajstić information content (AvgIpc) is 2.96. The molecule has 0 spiro atoms. The van der Waals surface area contributed by atoms with Gasteiger partial charge in [-0.3, -0.25) is 0 Å². The van der Waals surface area contributed by atoms with Crippen molar-refractivity contribution < 1.29 is 0 Å². The van der Waals surface area contributed by atoms with E-state index < -0.39 is 5.69 Å². The molecule has 3 aromatic heterocycles. The molecule has 3 heterocycles. The van der Waals surface area contributed by atoms with Crippen molar-refractivity contribution in [2.45, 2.75) is 6.54 Å². The van der Waals surface area contributed by atoms with Crippen LogP contribution in [-0.2, 0) is 6.54 Å². The van der Waals surface area contributed by atoms with Crippen molar-refractivity contribution in [2.75, 3.05) is 0 Å². The quantitative estimate of drug-likeness (QED) is 0.552. The van der Waals surface area contributed by atoms with Crippen LogP contribution in [0.2, 0.25) is 0 Å². The SMILES string of the molecule is NCc1ncn(-c2ccc3n[nH]c(=O)n3n2)n1. The molecule has 0 aliphatic heterocycles. The number of hydrogen-bond donors (Lipinski definition) is 2. The maximum atomic E-state index is 11.3. The van der Waals surface area contributed by atoms with Crippen LogP contribution >= 0.6 is 0 Å². The summed E-state index contributed by atoms with van der Waals surface area (Å²) in [6, 6.07) is 3.34. The molecule has 0 saturated carbocycles. The molecule has 0 aliphatic rings. The van der Waals surface area contributed by atoms with Gasteiger partial charge in [0.2, 0.25) is 0 Å². The molecule has 0 radical (unpaired) electrons. The zero-order valence-corrected chi connectivity index (χ0v) is 8.61. The second kappa shape index (κ2) is 3.49. The maximum absolute atomic E-state index is 11.3. The lowest BCUT2D eigenvalue weighted by Crippen LogP contribution is -2.14. The molecule has 3 rings (SSSR count). The number of aromatic amines is 1. The Bertz CT molecular complexity index is 722. The Morgan fingerprint density at radius 1 is 1.35 bits per heavy atom. The van der Waals surface area contributed by atoms with Gasteiger partial charge in [-0.05, 0) is 12.1 Å². The lowest BCUT2D eigenvalue weighted by Gasteiger charge is -1.98. The van der Waals surface area contributed by atoms with Crippen LogP contribution < -0.4 is 11.4 Å². The first-order valence-electron chi connectivity index (χ1n) is 4.83. The lowest BCUT2D eigenvalue weighted by atomic mass is 10.5. The summed E-state index contributed by atoms with van der Waals surface area (Å²) in [6.07, 6.45) is 1.49. The molecule has 0 amide bonds. The minimum absolute atomic E-state index is 0.251. The van der Waals surface area contributed by atoms with Crippen LogP contribution in [-0.4, -0.2) is 34.6 Å². The summed E-state index contributed by atoms with van der Waals surface area (Å²) in [7, 11) is 0. The zero-order valence-electron chi connectivity index (χ0n) is 8.61. The van der Waals surface area contributed by atoms with E-state index in [1.54, 1.807) is 12.1 Å². The van der Waals surface area contributed by atoms with E-state index in [1.807, 2.05) is 0 Å². The molecular weight excluding hydrogens is 224 g/mol. The van der Waals surface area contributed by atoms with Gasteiger partial charge in [0.1, 0.15) is 6.33 Å². The van der Waals surface area contributed by atoms with Gasteiger partial charge in [0, 0.05) is 0 Å². The van der Waals surface area contributed by atoms with E-state index in [0.29, 0.717) is 17.3 Å². The number of H-pyrrole nitrogens is 1. The Morgan fingerprint density at radius 2 is 2.24 bits per heavy atom. The molecule has 9 nitrogen and oxygen atoms in total. The van der Waals surface area contributed by atoms with Crippen molar-refractivity contribution in [2.24, 2.45) is 5.73 Å². The number of rotatable bonds is 2. The molecule has 3 aromatic rings. The van der Waals surface area contributed by atoms with Crippen molar-refractivity contribution in [1.29, 1.82) is 0 Å². The fourth-order valence-electron chi connectivity index (χ4n) is 1.42. The molecule has 0 atom stereocenters. The predicted molar refractivity (Wildman–Crippen MR) is 56.4 cm³/mol. The molecule has 17 heavy (non-hydrogen) atoms. The van der Waals surface area contributed by atoms with Crippen LogP contribution in [0.15, 0.2) is 23.3 Å². The fourth-order valence-corrected chi connectivity index (χ4v) is 1.42. The number of aromatic nitrogens is 7. The van der Waals surface area contributed by atoms with Crippen LogP contribution in [0.1, 0.15) is 5.82 Å². The van der Waals surface area contributed by atoms with E-state index in [4.69, 9.17) is 5.73 Å². The van der Waals surface area contributed by atoms with Crippen LogP contribution in [0.5, 0.6) is 0 Å². The largest absolute Gasteiger partial charge is 0.364 e. The highest BCUT2D eigenvalue weighted by molar-refractivity contribution is 5.37. The lowest BCUT2D eigenvalue weighted by molar-refractivity contribution is 0.762. The Hall–Kier alpha value is -2.55. The standard InChI is InChI=1S/C8H8N8O/c9-3-5-10-4-15(13-5)7-2-1-6-11-12-8(17)16(6)14-7/h1-2,4H,3,9H2,(H,12,17). The third-order valence-corrected chi connectivity index (χ3v) is 2.22. The van der Waals surface area contributed by atoms with Gasteiger partial charge in [0.25, 0.3) is 0 Å². The number of hydrogen-bond acceptors (Lipinski definition) is 6. The number of nitrogens with one attached hydrogen (secondary N) is 1. The summed E-state index contributed by atoms with van der Waals surface area (Å²) in [5.74, 6) is 0.972. The molecular formula is C8H8N8O. The maximum Gasteiger partial charge on any atom is 0.364 e. The summed E-state index contributed by atoms with van der Waals surface area (Å²) in [5.41, 5.74) is 5.45. The molecule has 3 N–H and O–H groups in total. The molecule has 0 saturated heterocycles. The van der Waals surface area contributed by atoms with Crippen LogP contribution in [0.25, 0.3) is 11.5 Å². The molecule has 0 aliphatic carbocycles. The van der Waals surface area contributed by atoms with E-state index in [1.165, 1.54) is 11.0 Å². The van der Waals surface area contributed by atoms with Crippen LogP contribution in [0.3, 0.4) is 0 Å². The van der Waals surface area contributed by atoms with Gasteiger partial charge in [0.05, 0.1) is 6.54 Å². The monoisotopic (exact) mass is 232 g/mol. The molecule has 0 fully saturated rings. The van der Waals surface area contributed by atoms with E-state index in [0.717, 1.165) is 4.52 Å². The van der Waals surface area contributed by atoms with Gasteiger partial charge in [-0.2, -0.15) is 9.61 Å². The predicted octanol–water partition coefficient (Wildman–Crippen LogP) is -1.54. The third-order valence-electron chi connectivity index (χ3n) is 2.22. The van der Waals surface area contributed by atoms with E-state index in [2.05, 4.69) is 25.4 Å². The molecule has 0 unspecified atom stereocenters. The number of nitrogens with zero attached hydrogens (tertiary/aromatic N) is 6. The van der Waals surface area contributed by atoms with Gasteiger partial charge in [-0.15, -0.1) is 10.2 Å². The summed E-state index contributed by atoms with van der Waals surface area (Å²) < 4.78 is 2.60. The normalized spacial score (nSPS) is 11.1. The number of nitrogens with two attached hydrogens (primary N) is 1. The Balaban J connectivity index is 2.16. The van der Waals surface area contributed by atoms with E-state index >= 15 is 0 Å². The summed E-state index contributed by atoms with van der Waals surface area (Å²) in [6.45, 7) is 0.251. The highest BCUT2D eigenvalue weighted by Crippen LogP contribution is 2.02. The first-order chi connectivity index (χ1) is 8.28. The van der Waals surface area contributed by atoms with Gasteiger partial charge in [-0.25, -0.2) is 19.6 Å². The van der Waals surface area contributed by atoms with E-state index in [-0.39, 0.29) is 6.54 Å². The number of fused-ring (bicyclic) bond motifs is 1. The second-order valence-corrected chi connectivity index (χ2v) is 3.30. The zero-order chi connectivity index (χ0) is 11.8. The van der Waals surface area contributed by atoms with Crippen LogP contribution in [0, 0.1) is 0 Å². The highest BCUT2D eigenvalue weighted by atomic mass is 16.2. The summed E-state index contributed by atoms with van der Waals surface area (Å²) in [5, 5.41) is 14.2. The van der Waals surface area contributed by atoms with Crippen molar-refractivity contribution >= 4 is 5.65 Å². The minimum atomic E-state index is -0.402. The smallest absolute Gasteiger partial charge is 0.324 e. The Kier molecular flexibility index (Phi) is 1.98. The van der Waals surface area contributed by atoms with Gasteiger partial charge >= 0.3 is 5.69 Å². The van der Waals surface area contributed by atoms with E-state index in [9.17, 15) is 4.79 Å². The minimum Gasteiger partial charge on any atom is -0.324 e. The topological polar surface area (TPSA) is 120 Å². The highest BCUT2D eigenvalue weighted by Gasteiger charge is 2.06. The second-order valence-electron chi connectivity index (χ2n) is 3.30. The van der Waals surface area contributed by atoms with Crippen molar-refractivity contribution in [1.82, 2.24) is 34.6 Å². The molecule has 9 heteroatoms. The average molecular weight is 232 g/mol. The molecule has 0 aromatic carbocycles. The summed E-state index contributed by atoms with van der Waals surface area (Å²) in [4.78, 5) is 15.3. The molecule has 86 valence electrons. The third kappa shape index (κ3) is 1.49. The van der Waals surface area contributed by atoms with Crippen molar-refractivity contribution in [3.05, 3.63) is 34.8 Å². The van der Waals surface area contributed by atoms with Gasteiger partial charge < -0.3 is 5.73 Å². The van der Waals surface area contributed by atoms with Crippen LogP contribution in [0.4, 0.5) is 0 Å². The first-order valence-corrected chi connectivity index (χ1v) is 4.83. The summed E-state index contributed by atoms with van der Waals surface area (Å²) >= 11 is 0.